The van der Waals surface area contributed by atoms with Crippen molar-refractivity contribution in [3.05, 3.63) is 35.9 Å². The van der Waals surface area contributed by atoms with Crippen LogP contribution in [0.2, 0.25) is 0 Å². The summed E-state index contributed by atoms with van der Waals surface area (Å²) in [6, 6.07) is 8.01. The minimum absolute atomic E-state index is 0.0427. The molecular formula is C11H10F3NO2S. The van der Waals surface area contributed by atoms with Crippen molar-refractivity contribution in [2.24, 2.45) is 0 Å². The number of benzene rings is 1. The predicted molar refractivity (Wildman–Crippen MR) is 60.3 cm³/mol. The third kappa shape index (κ3) is 2.46. The summed E-state index contributed by atoms with van der Waals surface area (Å²) in [6.07, 6.45) is -0.0427. The summed E-state index contributed by atoms with van der Waals surface area (Å²) < 4.78 is 37.2. The Morgan fingerprint density at radius 1 is 1.28 bits per heavy atom. The minimum Gasteiger partial charge on any atom is -0.375 e. The Morgan fingerprint density at radius 2 is 1.89 bits per heavy atom. The number of alkyl halides is 3. The molecule has 1 aromatic carbocycles. The lowest BCUT2D eigenvalue weighted by Gasteiger charge is -2.22. The van der Waals surface area contributed by atoms with Gasteiger partial charge in [0.25, 0.3) is 5.91 Å². The van der Waals surface area contributed by atoms with Gasteiger partial charge >= 0.3 is 5.51 Å². The van der Waals surface area contributed by atoms with E-state index in [1.54, 1.807) is 18.2 Å². The molecule has 1 saturated heterocycles. The molecule has 1 heterocycles. The van der Waals surface area contributed by atoms with Crippen molar-refractivity contribution in [2.75, 3.05) is 6.54 Å². The first-order valence-corrected chi connectivity index (χ1v) is 5.96. The molecule has 1 N–H and O–H groups in total. The summed E-state index contributed by atoms with van der Waals surface area (Å²) in [5.74, 6) is -0.920. The van der Waals surface area contributed by atoms with Crippen LogP contribution >= 0.6 is 11.9 Å². The highest BCUT2D eigenvalue weighted by molar-refractivity contribution is 7.98. The highest BCUT2D eigenvalue weighted by Gasteiger charge is 2.50. The molecule has 1 amide bonds. The summed E-state index contributed by atoms with van der Waals surface area (Å²) in [5.41, 5.74) is -6.06. The number of aliphatic hydroxyl groups is 1. The molecule has 0 aromatic heterocycles. The van der Waals surface area contributed by atoms with Crippen LogP contribution in [0.4, 0.5) is 13.2 Å². The number of carbonyl (C=O) groups is 1. The molecule has 1 fully saturated rings. The molecule has 1 aliphatic rings. The monoisotopic (exact) mass is 277 g/mol. The molecule has 0 spiro atoms. The second-order valence-electron chi connectivity index (χ2n) is 3.92. The van der Waals surface area contributed by atoms with E-state index in [-0.39, 0.29) is 13.0 Å². The van der Waals surface area contributed by atoms with Gasteiger partial charge in [0.05, 0.1) is 11.9 Å². The maximum Gasteiger partial charge on any atom is 0.461 e. The summed E-state index contributed by atoms with van der Waals surface area (Å²) in [5, 5.41) is 10.2. The van der Waals surface area contributed by atoms with E-state index in [1.165, 1.54) is 12.1 Å². The van der Waals surface area contributed by atoms with E-state index in [0.717, 1.165) is 0 Å². The van der Waals surface area contributed by atoms with Crippen molar-refractivity contribution in [1.29, 1.82) is 0 Å². The summed E-state index contributed by atoms with van der Waals surface area (Å²) in [6.45, 7) is -0.131. The zero-order valence-electron chi connectivity index (χ0n) is 9.15. The van der Waals surface area contributed by atoms with Crippen LogP contribution in [-0.2, 0) is 10.4 Å². The van der Waals surface area contributed by atoms with Crippen molar-refractivity contribution in [3.63, 3.8) is 0 Å². The van der Waals surface area contributed by atoms with Gasteiger partial charge in [0.1, 0.15) is 0 Å². The van der Waals surface area contributed by atoms with E-state index in [1.807, 2.05) is 0 Å². The average Bonchev–Trinajstić information content (AvgIpc) is 2.58. The number of hydrogen-bond acceptors (Lipinski definition) is 3. The van der Waals surface area contributed by atoms with Crippen molar-refractivity contribution >= 4 is 17.9 Å². The van der Waals surface area contributed by atoms with Crippen LogP contribution < -0.4 is 0 Å². The first-order chi connectivity index (χ1) is 8.33. The fourth-order valence-electron chi connectivity index (χ4n) is 1.87. The molecule has 7 heteroatoms. The Labute approximate surface area is 106 Å². The van der Waals surface area contributed by atoms with Crippen molar-refractivity contribution in [1.82, 2.24) is 4.31 Å². The standard InChI is InChI=1S/C11H10F3NO2S/c12-11(13,14)18-15-7-6-10(17,9(15)16)8-4-2-1-3-5-8/h1-5,17H,6-7H2. The van der Waals surface area contributed by atoms with Crippen LogP contribution in [0.1, 0.15) is 12.0 Å². The lowest BCUT2D eigenvalue weighted by molar-refractivity contribution is -0.140. The van der Waals surface area contributed by atoms with Crippen LogP contribution in [0.5, 0.6) is 0 Å². The SMILES string of the molecule is O=C1N(SC(F)(F)F)CCC1(O)c1ccccc1. The second kappa shape index (κ2) is 4.47. The third-order valence-corrected chi connectivity index (χ3v) is 3.50. The van der Waals surface area contributed by atoms with Crippen LogP contribution in [0.25, 0.3) is 0 Å². The molecular weight excluding hydrogens is 267 g/mol. The Morgan fingerprint density at radius 3 is 2.44 bits per heavy atom. The molecule has 18 heavy (non-hydrogen) atoms. The summed E-state index contributed by atoms with van der Waals surface area (Å²) in [7, 11) is 0. The summed E-state index contributed by atoms with van der Waals surface area (Å²) >= 11 is -0.507. The Bertz CT molecular complexity index is 451. The molecule has 1 unspecified atom stereocenters. The van der Waals surface area contributed by atoms with Crippen molar-refractivity contribution < 1.29 is 23.1 Å². The molecule has 1 aromatic rings. The number of halogens is 3. The van der Waals surface area contributed by atoms with Gasteiger partial charge in [-0.05, 0) is 5.56 Å². The van der Waals surface area contributed by atoms with Crippen LogP contribution in [-0.4, -0.2) is 27.4 Å². The number of carbonyl (C=O) groups excluding carboxylic acids is 1. The lowest BCUT2D eigenvalue weighted by atomic mass is 9.92. The van der Waals surface area contributed by atoms with Crippen molar-refractivity contribution in [2.45, 2.75) is 17.5 Å². The third-order valence-electron chi connectivity index (χ3n) is 2.72. The first-order valence-electron chi connectivity index (χ1n) is 5.19. The molecule has 1 atom stereocenters. The Hall–Kier alpha value is -1.21. The number of rotatable bonds is 2. The van der Waals surface area contributed by atoms with Gasteiger partial charge in [0, 0.05) is 13.0 Å². The van der Waals surface area contributed by atoms with Gasteiger partial charge in [-0.15, -0.1) is 0 Å². The van der Waals surface area contributed by atoms with Gasteiger partial charge in [-0.25, -0.2) is 0 Å². The maximum atomic E-state index is 12.2. The largest absolute Gasteiger partial charge is 0.461 e. The van der Waals surface area contributed by atoms with E-state index in [0.29, 0.717) is 9.87 Å². The minimum atomic E-state index is -4.53. The molecule has 0 aliphatic carbocycles. The number of nitrogens with zero attached hydrogens (tertiary/aromatic N) is 1. The smallest absolute Gasteiger partial charge is 0.375 e. The molecule has 0 saturated carbocycles. The molecule has 2 rings (SSSR count). The topological polar surface area (TPSA) is 40.5 Å². The van der Waals surface area contributed by atoms with Gasteiger partial charge in [0.15, 0.2) is 5.60 Å². The molecule has 0 radical (unpaired) electrons. The van der Waals surface area contributed by atoms with Gasteiger partial charge in [0.2, 0.25) is 0 Å². The predicted octanol–water partition coefficient (Wildman–Crippen LogP) is 2.27. The van der Waals surface area contributed by atoms with Gasteiger partial charge in [-0.2, -0.15) is 13.2 Å². The number of hydrogen-bond donors (Lipinski definition) is 1. The van der Waals surface area contributed by atoms with E-state index in [2.05, 4.69) is 0 Å². The van der Waals surface area contributed by atoms with E-state index in [4.69, 9.17) is 0 Å². The zero-order valence-corrected chi connectivity index (χ0v) is 9.96. The van der Waals surface area contributed by atoms with E-state index < -0.39 is 29.0 Å². The number of amides is 1. The molecule has 3 nitrogen and oxygen atoms in total. The molecule has 1 aliphatic heterocycles. The molecule has 0 bridgehead atoms. The van der Waals surface area contributed by atoms with Crippen LogP contribution in [0.3, 0.4) is 0 Å². The Balaban J connectivity index is 2.21. The second-order valence-corrected chi connectivity index (χ2v) is 5.01. The summed E-state index contributed by atoms with van der Waals surface area (Å²) in [4.78, 5) is 11.9. The van der Waals surface area contributed by atoms with Gasteiger partial charge < -0.3 is 5.11 Å². The quantitative estimate of drug-likeness (QED) is 0.843. The van der Waals surface area contributed by atoms with Crippen LogP contribution in [0, 0.1) is 0 Å². The fraction of sp³-hybridized carbons (Fsp3) is 0.364. The average molecular weight is 277 g/mol. The highest BCUT2D eigenvalue weighted by atomic mass is 32.2. The normalized spacial score (nSPS) is 24.7. The fourth-order valence-corrected chi connectivity index (χ4v) is 2.54. The maximum absolute atomic E-state index is 12.2. The van der Waals surface area contributed by atoms with Gasteiger partial charge in [-0.1, -0.05) is 30.3 Å². The Kier molecular flexibility index (Phi) is 3.29. The molecule has 98 valence electrons. The lowest BCUT2D eigenvalue weighted by Crippen LogP contribution is -2.36. The van der Waals surface area contributed by atoms with E-state index in [9.17, 15) is 23.1 Å². The zero-order chi connectivity index (χ0) is 13.4. The van der Waals surface area contributed by atoms with Gasteiger partial charge in [-0.3, -0.25) is 9.10 Å². The van der Waals surface area contributed by atoms with Crippen LogP contribution in [0.15, 0.2) is 30.3 Å². The highest BCUT2D eigenvalue weighted by Crippen LogP contribution is 2.41. The van der Waals surface area contributed by atoms with Crippen molar-refractivity contribution in [3.8, 4) is 0 Å². The van der Waals surface area contributed by atoms with E-state index >= 15 is 0 Å². The first kappa shape index (κ1) is 13.2.